The number of benzene rings is 1. The van der Waals surface area contributed by atoms with Crippen molar-refractivity contribution in [3.8, 4) is 0 Å². The third-order valence-electron chi connectivity index (χ3n) is 4.82. The summed E-state index contributed by atoms with van der Waals surface area (Å²) in [5.74, 6) is -0.464. The van der Waals surface area contributed by atoms with E-state index in [2.05, 4.69) is 21.0 Å². The van der Waals surface area contributed by atoms with Gasteiger partial charge in [-0.25, -0.2) is 0 Å². The molecule has 8 nitrogen and oxygen atoms in total. The SMILES string of the molecule is CCOCCCNC(=O)c1cccc(NC(=O)c2ccn(C3CCCNC3)n2)c1. The number of anilines is 1. The molecule has 29 heavy (non-hydrogen) atoms. The van der Waals surface area contributed by atoms with Crippen molar-refractivity contribution in [2.24, 2.45) is 0 Å². The number of nitrogens with one attached hydrogen (secondary N) is 3. The highest BCUT2D eigenvalue weighted by atomic mass is 16.5. The second kappa shape index (κ2) is 10.7. The molecule has 2 aromatic rings. The van der Waals surface area contributed by atoms with Gasteiger partial charge in [-0.1, -0.05) is 6.07 Å². The fraction of sp³-hybridized carbons (Fsp3) is 0.476. The molecule has 8 heteroatoms. The van der Waals surface area contributed by atoms with Gasteiger partial charge in [-0.2, -0.15) is 5.10 Å². The van der Waals surface area contributed by atoms with Gasteiger partial charge in [0.25, 0.3) is 11.8 Å². The lowest BCUT2D eigenvalue weighted by molar-refractivity contribution is 0.0942. The molecule has 2 heterocycles. The molecule has 0 bridgehead atoms. The van der Waals surface area contributed by atoms with Crippen molar-refractivity contribution in [2.75, 3.05) is 38.2 Å². The Morgan fingerprint density at radius 3 is 3.00 bits per heavy atom. The van der Waals surface area contributed by atoms with Crippen LogP contribution in [0.2, 0.25) is 0 Å². The van der Waals surface area contributed by atoms with E-state index in [0.717, 1.165) is 32.4 Å². The number of carbonyl (C=O) groups is 2. The first kappa shape index (κ1) is 21.0. The van der Waals surface area contributed by atoms with E-state index >= 15 is 0 Å². The largest absolute Gasteiger partial charge is 0.382 e. The van der Waals surface area contributed by atoms with Crippen LogP contribution in [0.1, 0.15) is 53.1 Å². The van der Waals surface area contributed by atoms with Crippen LogP contribution in [-0.2, 0) is 4.74 Å². The number of aromatic nitrogens is 2. The van der Waals surface area contributed by atoms with Crippen molar-refractivity contribution in [1.82, 2.24) is 20.4 Å². The van der Waals surface area contributed by atoms with Crippen molar-refractivity contribution in [2.45, 2.75) is 32.2 Å². The molecule has 1 aromatic carbocycles. The van der Waals surface area contributed by atoms with Gasteiger partial charge in [-0.15, -0.1) is 0 Å². The minimum atomic E-state index is -0.290. The average molecular weight is 399 g/mol. The predicted octanol–water partition coefficient (Wildman–Crippen LogP) is 2.22. The van der Waals surface area contributed by atoms with Crippen LogP contribution >= 0.6 is 0 Å². The molecule has 1 aliphatic rings. The van der Waals surface area contributed by atoms with E-state index < -0.39 is 0 Å². The number of carbonyl (C=O) groups excluding carboxylic acids is 2. The maximum atomic E-state index is 12.5. The zero-order chi connectivity index (χ0) is 20.5. The van der Waals surface area contributed by atoms with E-state index in [4.69, 9.17) is 4.74 Å². The minimum absolute atomic E-state index is 0.174. The summed E-state index contributed by atoms with van der Waals surface area (Å²) in [4.78, 5) is 24.8. The van der Waals surface area contributed by atoms with Crippen LogP contribution in [0.3, 0.4) is 0 Å². The van der Waals surface area contributed by atoms with Gasteiger partial charge in [0.1, 0.15) is 0 Å². The number of nitrogens with zero attached hydrogens (tertiary/aromatic N) is 2. The molecular weight excluding hydrogens is 370 g/mol. The normalized spacial score (nSPS) is 16.4. The standard InChI is InChI=1S/C21H29N5O3/c1-2-29-13-5-11-23-20(27)16-6-3-7-17(14-16)24-21(28)19-9-12-26(25-19)18-8-4-10-22-15-18/h3,6-7,9,12,14,18,22H,2,4-5,8,10-11,13,15H2,1H3,(H,23,27)(H,24,28). The van der Waals surface area contributed by atoms with E-state index in [-0.39, 0.29) is 17.9 Å². The van der Waals surface area contributed by atoms with E-state index in [1.54, 1.807) is 30.3 Å². The molecule has 3 rings (SSSR count). The molecule has 0 spiro atoms. The Labute approximate surface area is 171 Å². The van der Waals surface area contributed by atoms with Crippen molar-refractivity contribution < 1.29 is 14.3 Å². The van der Waals surface area contributed by atoms with Gasteiger partial charge < -0.3 is 20.7 Å². The number of ether oxygens (including phenoxy) is 1. The Morgan fingerprint density at radius 1 is 1.31 bits per heavy atom. The van der Waals surface area contributed by atoms with E-state index in [9.17, 15) is 9.59 Å². The van der Waals surface area contributed by atoms with Gasteiger partial charge in [0, 0.05) is 43.8 Å². The maximum Gasteiger partial charge on any atom is 0.276 e. The third-order valence-corrected chi connectivity index (χ3v) is 4.82. The average Bonchev–Trinajstić information content (AvgIpc) is 3.25. The molecule has 156 valence electrons. The zero-order valence-corrected chi connectivity index (χ0v) is 16.8. The molecule has 0 aliphatic carbocycles. The summed E-state index contributed by atoms with van der Waals surface area (Å²) in [5.41, 5.74) is 1.42. The van der Waals surface area contributed by atoms with Gasteiger partial charge in [0.05, 0.1) is 6.04 Å². The van der Waals surface area contributed by atoms with Gasteiger partial charge in [-0.05, 0) is 57.0 Å². The summed E-state index contributed by atoms with van der Waals surface area (Å²) in [6.45, 7) is 5.67. The smallest absolute Gasteiger partial charge is 0.276 e. The van der Waals surface area contributed by atoms with Crippen molar-refractivity contribution in [3.63, 3.8) is 0 Å². The molecule has 1 atom stereocenters. The summed E-state index contributed by atoms with van der Waals surface area (Å²) >= 11 is 0. The number of piperidine rings is 1. The van der Waals surface area contributed by atoms with Crippen molar-refractivity contribution in [1.29, 1.82) is 0 Å². The summed E-state index contributed by atoms with van der Waals surface area (Å²) in [7, 11) is 0. The molecule has 3 N–H and O–H groups in total. The Hall–Kier alpha value is -2.71. The Morgan fingerprint density at radius 2 is 2.21 bits per heavy atom. The second-order valence-electron chi connectivity index (χ2n) is 7.02. The van der Waals surface area contributed by atoms with Crippen LogP contribution in [-0.4, -0.2) is 54.4 Å². The number of hydrogen-bond donors (Lipinski definition) is 3. The first-order chi connectivity index (χ1) is 14.2. The molecule has 1 aliphatic heterocycles. The topological polar surface area (TPSA) is 97.3 Å². The summed E-state index contributed by atoms with van der Waals surface area (Å²) < 4.78 is 7.11. The third kappa shape index (κ3) is 6.13. The van der Waals surface area contributed by atoms with Gasteiger partial charge in [0.15, 0.2) is 5.69 Å². The highest BCUT2D eigenvalue weighted by Gasteiger charge is 2.18. The molecule has 0 saturated carbocycles. The minimum Gasteiger partial charge on any atom is -0.382 e. The van der Waals surface area contributed by atoms with Crippen LogP contribution in [0, 0.1) is 0 Å². The number of amides is 2. The molecule has 1 aromatic heterocycles. The fourth-order valence-corrected chi connectivity index (χ4v) is 3.28. The van der Waals surface area contributed by atoms with Crippen LogP contribution in [0.5, 0.6) is 0 Å². The zero-order valence-electron chi connectivity index (χ0n) is 16.8. The lowest BCUT2D eigenvalue weighted by atomic mass is 10.1. The summed E-state index contributed by atoms with van der Waals surface area (Å²) in [5, 5.41) is 13.5. The Bertz CT molecular complexity index is 814. The van der Waals surface area contributed by atoms with Crippen molar-refractivity contribution >= 4 is 17.5 Å². The monoisotopic (exact) mass is 399 g/mol. The quantitative estimate of drug-likeness (QED) is 0.562. The molecular formula is C21H29N5O3. The molecule has 1 unspecified atom stereocenters. The molecule has 1 saturated heterocycles. The molecule has 1 fully saturated rings. The predicted molar refractivity (Wildman–Crippen MR) is 111 cm³/mol. The van der Waals surface area contributed by atoms with Gasteiger partial charge >= 0.3 is 0 Å². The van der Waals surface area contributed by atoms with Gasteiger partial charge in [0.2, 0.25) is 0 Å². The fourth-order valence-electron chi connectivity index (χ4n) is 3.28. The highest BCUT2D eigenvalue weighted by Crippen LogP contribution is 2.17. The number of hydrogen-bond acceptors (Lipinski definition) is 5. The molecule has 0 radical (unpaired) electrons. The van der Waals surface area contributed by atoms with Crippen LogP contribution in [0.25, 0.3) is 0 Å². The van der Waals surface area contributed by atoms with E-state index in [1.807, 2.05) is 17.8 Å². The summed E-state index contributed by atoms with van der Waals surface area (Å²) in [6.07, 6.45) is 4.76. The van der Waals surface area contributed by atoms with E-state index in [1.165, 1.54) is 0 Å². The first-order valence-corrected chi connectivity index (χ1v) is 10.2. The molecule has 2 amide bonds. The van der Waals surface area contributed by atoms with Crippen LogP contribution < -0.4 is 16.0 Å². The van der Waals surface area contributed by atoms with Crippen LogP contribution in [0.4, 0.5) is 5.69 Å². The lowest BCUT2D eigenvalue weighted by Gasteiger charge is -2.22. The van der Waals surface area contributed by atoms with Gasteiger partial charge in [-0.3, -0.25) is 14.3 Å². The maximum absolute atomic E-state index is 12.5. The second-order valence-corrected chi connectivity index (χ2v) is 7.02. The first-order valence-electron chi connectivity index (χ1n) is 10.2. The van der Waals surface area contributed by atoms with Crippen molar-refractivity contribution in [3.05, 3.63) is 47.8 Å². The number of rotatable bonds is 9. The Kier molecular flexibility index (Phi) is 7.77. The Balaban J connectivity index is 1.54. The van der Waals surface area contributed by atoms with Crippen LogP contribution in [0.15, 0.2) is 36.5 Å². The van der Waals surface area contributed by atoms with E-state index in [0.29, 0.717) is 36.7 Å². The summed E-state index contributed by atoms with van der Waals surface area (Å²) in [6, 6.07) is 8.89. The highest BCUT2D eigenvalue weighted by molar-refractivity contribution is 6.03. The lowest BCUT2D eigenvalue weighted by Crippen LogP contribution is -2.32.